The Hall–Kier alpha value is -1.58. The van der Waals surface area contributed by atoms with E-state index >= 15 is 0 Å². The van der Waals surface area contributed by atoms with Crippen LogP contribution in [0.4, 0.5) is 5.69 Å². The average Bonchev–Trinajstić information content (AvgIpc) is 2.53. The van der Waals surface area contributed by atoms with Crippen molar-refractivity contribution in [3.8, 4) is 0 Å². The van der Waals surface area contributed by atoms with Crippen LogP contribution in [0.3, 0.4) is 0 Å². The molecule has 3 rings (SSSR count). The number of anilines is 1. The first kappa shape index (κ1) is 14.4. The fraction of sp³-hybridized carbons (Fsp3) is 0.444. The molecule has 0 atom stereocenters. The molecule has 2 N–H and O–H groups in total. The quantitative estimate of drug-likeness (QED) is 0.937. The fourth-order valence-corrected chi connectivity index (χ4v) is 3.17. The molecule has 0 saturated carbocycles. The van der Waals surface area contributed by atoms with Crippen LogP contribution in [-0.2, 0) is 4.74 Å². The Morgan fingerprint density at radius 1 is 1.10 bits per heavy atom. The first-order valence-corrected chi connectivity index (χ1v) is 7.81. The summed E-state index contributed by atoms with van der Waals surface area (Å²) in [6.45, 7) is 5.62. The Morgan fingerprint density at radius 2 is 1.81 bits per heavy atom. The summed E-state index contributed by atoms with van der Waals surface area (Å²) < 4.78 is 5.46. The largest absolute Gasteiger partial charge is 0.381 e. The summed E-state index contributed by atoms with van der Waals surface area (Å²) in [6, 6.07) is 15.1. The summed E-state index contributed by atoms with van der Waals surface area (Å²) in [5.74, 6) is 0. The maximum atomic E-state index is 6.60. The zero-order valence-electron chi connectivity index (χ0n) is 12.7. The molecule has 1 aliphatic rings. The number of rotatable bonds is 4. The van der Waals surface area contributed by atoms with Crippen molar-refractivity contribution >= 4 is 16.5 Å². The van der Waals surface area contributed by atoms with Gasteiger partial charge in [-0.3, -0.25) is 0 Å². The van der Waals surface area contributed by atoms with Crippen LogP contribution in [0.15, 0.2) is 42.5 Å². The monoisotopic (exact) mass is 284 g/mol. The second-order valence-electron chi connectivity index (χ2n) is 5.99. The molecule has 0 radical (unpaired) electrons. The maximum Gasteiger partial charge on any atom is 0.0484 e. The molecule has 1 saturated heterocycles. The molecule has 0 aromatic heterocycles. The Labute approximate surface area is 126 Å². The second-order valence-corrected chi connectivity index (χ2v) is 5.99. The lowest BCUT2D eigenvalue weighted by Gasteiger charge is -2.39. The van der Waals surface area contributed by atoms with E-state index in [1.54, 1.807) is 0 Å². The highest BCUT2D eigenvalue weighted by Crippen LogP contribution is 2.29. The van der Waals surface area contributed by atoms with Gasteiger partial charge in [0.25, 0.3) is 0 Å². The molecule has 112 valence electrons. The number of nitrogens with two attached hydrogens (primary N) is 1. The van der Waals surface area contributed by atoms with Crippen molar-refractivity contribution in [1.29, 1.82) is 0 Å². The summed E-state index contributed by atoms with van der Waals surface area (Å²) in [4.78, 5) is 2.41. The van der Waals surface area contributed by atoms with Crippen molar-refractivity contribution in [3.63, 3.8) is 0 Å². The van der Waals surface area contributed by atoms with Crippen LogP contribution in [0.2, 0.25) is 0 Å². The molecule has 3 heteroatoms. The molecule has 0 bridgehead atoms. The highest BCUT2D eigenvalue weighted by atomic mass is 16.5. The third-order valence-electron chi connectivity index (χ3n) is 4.48. The van der Waals surface area contributed by atoms with Gasteiger partial charge in [0.2, 0.25) is 0 Å². The summed E-state index contributed by atoms with van der Waals surface area (Å²) in [6.07, 6.45) is 1.88. The van der Waals surface area contributed by atoms with E-state index in [0.29, 0.717) is 0 Å². The standard InChI is InChI=1S/C18H24N2O/c1-2-20(14-18(19)10-12-21-13-11-18)17-9-5-7-15-6-3-4-8-16(15)17/h3-9H,2,10-14,19H2,1H3. The van der Waals surface area contributed by atoms with Crippen LogP contribution in [0.25, 0.3) is 10.8 Å². The van der Waals surface area contributed by atoms with Gasteiger partial charge in [-0.05, 0) is 31.2 Å². The minimum atomic E-state index is -0.134. The SMILES string of the molecule is CCN(CC1(N)CCOCC1)c1cccc2ccccc12. The molecular formula is C18H24N2O. The van der Waals surface area contributed by atoms with Crippen molar-refractivity contribution in [2.75, 3.05) is 31.2 Å². The first-order chi connectivity index (χ1) is 10.2. The van der Waals surface area contributed by atoms with Gasteiger partial charge in [0, 0.05) is 42.9 Å². The van der Waals surface area contributed by atoms with Crippen molar-refractivity contribution in [3.05, 3.63) is 42.5 Å². The number of fused-ring (bicyclic) bond motifs is 1. The van der Waals surface area contributed by atoms with E-state index in [-0.39, 0.29) is 5.54 Å². The molecule has 0 unspecified atom stereocenters. The van der Waals surface area contributed by atoms with E-state index in [1.807, 2.05) is 0 Å². The van der Waals surface area contributed by atoms with Crippen LogP contribution in [0.5, 0.6) is 0 Å². The number of nitrogens with zero attached hydrogens (tertiary/aromatic N) is 1. The van der Waals surface area contributed by atoms with Crippen molar-refractivity contribution < 1.29 is 4.74 Å². The van der Waals surface area contributed by atoms with E-state index in [4.69, 9.17) is 10.5 Å². The minimum Gasteiger partial charge on any atom is -0.381 e. The smallest absolute Gasteiger partial charge is 0.0484 e. The highest BCUT2D eigenvalue weighted by Gasteiger charge is 2.30. The van der Waals surface area contributed by atoms with Crippen LogP contribution < -0.4 is 10.6 Å². The van der Waals surface area contributed by atoms with Crippen LogP contribution in [0.1, 0.15) is 19.8 Å². The lowest BCUT2D eigenvalue weighted by molar-refractivity contribution is 0.0555. The van der Waals surface area contributed by atoms with Gasteiger partial charge >= 0.3 is 0 Å². The Kier molecular flexibility index (Phi) is 4.13. The molecule has 2 aromatic carbocycles. The predicted molar refractivity (Wildman–Crippen MR) is 88.8 cm³/mol. The second kappa shape index (κ2) is 6.04. The van der Waals surface area contributed by atoms with Crippen molar-refractivity contribution in [2.24, 2.45) is 5.73 Å². The number of ether oxygens (including phenoxy) is 1. The highest BCUT2D eigenvalue weighted by molar-refractivity contribution is 5.94. The number of hydrogen-bond donors (Lipinski definition) is 1. The molecule has 21 heavy (non-hydrogen) atoms. The Bertz CT molecular complexity index is 600. The Morgan fingerprint density at radius 3 is 2.57 bits per heavy atom. The Balaban J connectivity index is 1.91. The number of benzene rings is 2. The molecule has 0 spiro atoms. The predicted octanol–water partition coefficient (Wildman–Crippen LogP) is 3.17. The van der Waals surface area contributed by atoms with Crippen LogP contribution >= 0.6 is 0 Å². The molecule has 1 heterocycles. The molecular weight excluding hydrogens is 260 g/mol. The van der Waals surface area contributed by atoms with Gasteiger partial charge in [-0.2, -0.15) is 0 Å². The van der Waals surface area contributed by atoms with E-state index < -0.39 is 0 Å². The van der Waals surface area contributed by atoms with Crippen LogP contribution in [-0.4, -0.2) is 31.8 Å². The van der Waals surface area contributed by atoms with E-state index in [1.165, 1.54) is 16.5 Å². The maximum absolute atomic E-state index is 6.60. The summed E-state index contributed by atoms with van der Waals surface area (Å²) >= 11 is 0. The van der Waals surface area contributed by atoms with Gasteiger partial charge in [0.15, 0.2) is 0 Å². The number of hydrogen-bond acceptors (Lipinski definition) is 3. The van der Waals surface area contributed by atoms with Gasteiger partial charge in [-0.15, -0.1) is 0 Å². The molecule has 0 aliphatic carbocycles. The van der Waals surface area contributed by atoms with Crippen molar-refractivity contribution in [2.45, 2.75) is 25.3 Å². The molecule has 3 nitrogen and oxygen atoms in total. The van der Waals surface area contributed by atoms with Crippen LogP contribution in [0, 0.1) is 0 Å². The zero-order chi connectivity index (χ0) is 14.7. The molecule has 1 fully saturated rings. The first-order valence-electron chi connectivity index (χ1n) is 7.81. The molecule has 1 aliphatic heterocycles. The zero-order valence-corrected chi connectivity index (χ0v) is 12.7. The normalized spacial score (nSPS) is 17.8. The lowest BCUT2D eigenvalue weighted by Crippen LogP contribution is -2.53. The lowest BCUT2D eigenvalue weighted by atomic mass is 9.90. The van der Waals surface area contributed by atoms with E-state index in [0.717, 1.165) is 39.1 Å². The van der Waals surface area contributed by atoms with Gasteiger partial charge in [-0.1, -0.05) is 36.4 Å². The van der Waals surface area contributed by atoms with Gasteiger partial charge in [0.05, 0.1) is 0 Å². The molecule has 0 amide bonds. The third-order valence-corrected chi connectivity index (χ3v) is 4.48. The van der Waals surface area contributed by atoms with Gasteiger partial charge < -0.3 is 15.4 Å². The van der Waals surface area contributed by atoms with Crippen molar-refractivity contribution in [1.82, 2.24) is 0 Å². The topological polar surface area (TPSA) is 38.5 Å². The van der Waals surface area contributed by atoms with E-state index in [9.17, 15) is 0 Å². The van der Waals surface area contributed by atoms with E-state index in [2.05, 4.69) is 54.3 Å². The summed E-state index contributed by atoms with van der Waals surface area (Å²) in [5, 5.41) is 2.59. The summed E-state index contributed by atoms with van der Waals surface area (Å²) in [5.41, 5.74) is 7.75. The molecule has 2 aromatic rings. The fourth-order valence-electron chi connectivity index (χ4n) is 3.17. The minimum absolute atomic E-state index is 0.134. The van der Waals surface area contributed by atoms with Gasteiger partial charge in [0.1, 0.15) is 0 Å². The van der Waals surface area contributed by atoms with Gasteiger partial charge in [-0.25, -0.2) is 0 Å². The summed E-state index contributed by atoms with van der Waals surface area (Å²) in [7, 11) is 0. The average molecular weight is 284 g/mol. The third kappa shape index (κ3) is 3.04. The number of likely N-dealkylation sites (N-methyl/N-ethyl adjacent to an activating group) is 1.